The summed E-state index contributed by atoms with van der Waals surface area (Å²) in [7, 11) is 0. The lowest BCUT2D eigenvalue weighted by Crippen LogP contribution is -2.31. The second-order valence-electron chi connectivity index (χ2n) is 5.06. The van der Waals surface area contributed by atoms with Crippen molar-refractivity contribution < 1.29 is 0 Å². The van der Waals surface area contributed by atoms with Crippen LogP contribution in [0.2, 0.25) is 0 Å². The molecule has 3 rings (SSSR count). The van der Waals surface area contributed by atoms with E-state index >= 15 is 0 Å². The van der Waals surface area contributed by atoms with Crippen molar-refractivity contribution in [3.63, 3.8) is 0 Å². The van der Waals surface area contributed by atoms with Crippen molar-refractivity contribution in [2.24, 2.45) is 17.6 Å². The van der Waals surface area contributed by atoms with E-state index in [2.05, 4.69) is 40.2 Å². The van der Waals surface area contributed by atoms with Gasteiger partial charge in [-0.25, -0.2) is 0 Å². The Morgan fingerprint density at radius 1 is 1.20 bits per heavy atom. The summed E-state index contributed by atoms with van der Waals surface area (Å²) in [5, 5.41) is 0. The molecule has 2 aliphatic rings. The second-order valence-corrected chi connectivity index (χ2v) is 5.98. The van der Waals surface area contributed by atoms with Gasteiger partial charge in [0.25, 0.3) is 0 Å². The minimum atomic E-state index is 0.145. The first-order chi connectivity index (χ1) is 7.20. The fourth-order valence-electron chi connectivity index (χ4n) is 3.34. The van der Waals surface area contributed by atoms with Crippen LogP contribution in [0.1, 0.15) is 24.8 Å². The summed E-state index contributed by atoms with van der Waals surface area (Å²) in [6.45, 7) is 0. The summed E-state index contributed by atoms with van der Waals surface area (Å²) in [4.78, 5) is 0. The number of hydrogen-bond acceptors (Lipinski definition) is 1. The van der Waals surface area contributed by atoms with E-state index in [0.29, 0.717) is 0 Å². The lowest BCUT2D eigenvalue weighted by atomic mass is 9.97. The van der Waals surface area contributed by atoms with Crippen molar-refractivity contribution in [1.29, 1.82) is 0 Å². The van der Waals surface area contributed by atoms with Gasteiger partial charge in [-0.2, -0.15) is 0 Å². The average molecular weight is 266 g/mol. The molecule has 2 saturated carbocycles. The third kappa shape index (κ3) is 1.55. The molecule has 2 unspecified atom stereocenters. The lowest BCUT2D eigenvalue weighted by Gasteiger charge is -2.15. The van der Waals surface area contributed by atoms with Crippen LogP contribution in [0.15, 0.2) is 28.7 Å². The van der Waals surface area contributed by atoms with E-state index in [9.17, 15) is 0 Å². The Labute approximate surface area is 99.2 Å². The topological polar surface area (TPSA) is 26.0 Å². The predicted octanol–water partition coefficient (Wildman–Crippen LogP) is 3.12. The number of benzene rings is 1. The first-order valence-corrected chi connectivity index (χ1v) is 6.53. The highest BCUT2D eigenvalue weighted by Gasteiger charge is 2.62. The van der Waals surface area contributed by atoms with E-state index in [0.717, 1.165) is 22.7 Å². The van der Waals surface area contributed by atoms with Gasteiger partial charge in [0.15, 0.2) is 0 Å². The Kier molecular flexibility index (Phi) is 2.18. The van der Waals surface area contributed by atoms with Crippen LogP contribution in [-0.2, 0) is 6.42 Å². The van der Waals surface area contributed by atoms with Gasteiger partial charge >= 0.3 is 0 Å². The van der Waals surface area contributed by atoms with Gasteiger partial charge < -0.3 is 5.73 Å². The van der Waals surface area contributed by atoms with E-state index in [4.69, 9.17) is 5.73 Å². The Hall–Kier alpha value is -0.340. The summed E-state index contributed by atoms with van der Waals surface area (Å²) in [6, 6.07) is 8.59. The fraction of sp³-hybridized carbons (Fsp3) is 0.538. The Balaban J connectivity index is 1.74. The maximum Gasteiger partial charge on any atom is 0.0259 e. The molecule has 1 aromatic rings. The van der Waals surface area contributed by atoms with E-state index in [1.165, 1.54) is 24.8 Å². The van der Waals surface area contributed by atoms with Gasteiger partial charge in [0.2, 0.25) is 0 Å². The van der Waals surface area contributed by atoms with E-state index in [1.807, 2.05) is 0 Å². The van der Waals surface area contributed by atoms with Crippen LogP contribution in [0.5, 0.6) is 0 Å². The second kappa shape index (κ2) is 3.33. The minimum absolute atomic E-state index is 0.145. The van der Waals surface area contributed by atoms with Crippen LogP contribution >= 0.6 is 15.9 Å². The minimum Gasteiger partial charge on any atom is -0.324 e. The molecule has 80 valence electrons. The van der Waals surface area contributed by atoms with Crippen molar-refractivity contribution in [2.75, 3.05) is 0 Å². The molecule has 0 radical (unpaired) electrons. The molecule has 2 fully saturated rings. The number of fused-ring (bicyclic) bond motifs is 1. The highest BCUT2D eigenvalue weighted by atomic mass is 79.9. The highest BCUT2D eigenvalue weighted by Crippen LogP contribution is 2.60. The molecule has 0 aromatic heterocycles. The third-order valence-corrected chi connectivity index (χ3v) is 4.74. The van der Waals surface area contributed by atoms with Crippen molar-refractivity contribution in [2.45, 2.75) is 31.2 Å². The SMILES string of the molecule is NC1(Cc2ccc(Br)cc2)C2CCCC21. The van der Waals surface area contributed by atoms with Gasteiger partial charge in [0.05, 0.1) is 0 Å². The Bertz CT molecular complexity index is 361. The maximum absolute atomic E-state index is 6.45. The zero-order valence-corrected chi connectivity index (χ0v) is 10.3. The fourth-order valence-corrected chi connectivity index (χ4v) is 3.61. The van der Waals surface area contributed by atoms with E-state index < -0.39 is 0 Å². The smallest absolute Gasteiger partial charge is 0.0259 e. The molecule has 0 aliphatic heterocycles. The van der Waals surface area contributed by atoms with Crippen LogP contribution in [0, 0.1) is 11.8 Å². The molecule has 0 spiro atoms. The molecule has 1 aromatic carbocycles. The van der Waals surface area contributed by atoms with E-state index in [1.54, 1.807) is 0 Å². The molecule has 2 N–H and O–H groups in total. The van der Waals surface area contributed by atoms with Crippen LogP contribution in [-0.4, -0.2) is 5.54 Å². The largest absolute Gasteiger partial charge is 0.324 e. The van der Waals surface area contributed by atoms with Gasteiger partial charge in [-0.1, -0.05) is 34.5 Å². The van der Waals surface area contributed by atoms with Gasteiger partial charge in [0, 0.05) is 10.0 Å². The predicted molar refractivity (Wildman–Crippen MR) is 65.6 cm³/mol. The summed E-state index contributed by atoms with van der Waals surface area (Å²) in [6.07, 6.45) is 5.18. The number of halogens is 1. The molecule has 0 amide bonds. The molecule has 0 heterocycles. The zero-order chi connectivity index (χ0) is 10.5. The number of hydrogen-bond donors (Lipinski definition) is 1. The normalized spacial score (nSPS) is 37.7. The first-order valence-electron chi connectivity index (χ1n) is 5.73. The third-order valence-electron chi connectivity index (χ3n) is 4.21. The molecule has 0 bridgehead atoms. The molecule has 0 saturated heterocycles. The van der Waals surface area contributed by atoms with Crippen molar-refractivity contribution in [3.05, 3.63) is 34.3 Å². The van der Waals surface area contributed by atoms with Crippen LogP contribution in [0.25, 0.3) is 0 Å². The highest BCUT2D eigenvalue weighted by molar-refractivity contribution is 9.10. The van der Waals surface area contributed by atoms with Gasteiger partial charge in [-0.15, -0.1) is 0 Å². The van der Waals surface area contributed by atoms with Crippen LogP contribution in [0.4, 0.5) is 0 Å². The first kappa shape index (κ1) is 9.86. The molecule has 1 nitrogen and oxygen atoms in total. The number of rotatable bonds is 2. The summed E-state index contributed by atoms with van der Waals surface area (Å²) in [5.41, 5.74) is 7.98. The Morgan fingerprint density at radius 3 is 2.40 bits per heavy atom. The van der Waals surface area contributed by atoms with Gasteiger partial charge in [-0.3, -0.25) is 0 Å². The van der Waals surface area contributed by atoms with Crippen molar-refractivity contribution in [3.8, 4) is 0 Å². The standard InChI is InChI=1S/C13H16BrN/c14-10-6-4-9(5-7-10)8-13(15)11-2-1-3-12(11)13/h4-7,11-12H,1-3,8,15H2. The average Bonchev–Trinajstić information content (AvgIpc) is 2.67. The molecular weight excluding hydrogens is 250 g/mol. The molecular formula is C13H16BrN. The van der Waals surface area contributed by atoms with Crippen molar-refractivity contribution in [1.82, 2.24) is 0 Å². The van der Waals surface area contributed by atoms with Crippen molar-refractivity contribution >= 4 is 15.9 Å². The Morgan fingerprint density at radius 2 is 1.80 bits per heavy atom. The monoisotopic (exact) mass is 265 g/mol. The summed E-state index contributed by atoms with van der Waals surface area (Å²) < 4.78 is 1.15. The summed E-state index contributed by atoms with van der Waals surface area (Å²) >= 11 is 3.46. The van der Waals surface area contributed by atoms with Crippen LogP contribution < -0.4 is 5.73 Å². The molecule has 2 heteroatoms. The molecule has 15 heavy (non-hydrogen) atoms. The van der Waals surface area contributed by atoms with E-state index in [-0.39, 0.29) is 5.54 Å². The summed E-state index contributed by atoms with van der Waals surface area (Å²) in [5.74, 6) is 1.64. The van der Waals surface area contributed by atoms with Crippen LogP contribution in [0.3, 0.4) is 0 Å². The van der Waals surface area contributed by atoms with Gasteiger partial charge in [0.1, 0.15) is 0 Å². The van der Waals surface area contributed by atoms with Gasteiger partial charge in [-0.05, 0) is 48.8 Å². The number of nitrogens with two attached hydrogens (primary N) is 1. The quantitative estimate of drug-likeness (QED) is 0.874. The zero-order valence-electron chi connectivity index (χ0n) is 8.75. The lowest BCUT2D eigenvalue weighted by molar-refractivity contribution is 0.501. The molecule has 2 atom stereocenters. The molecule has 2 aliphatic carbocycles. The maximum atomic E-state index is 6.45.